The molecule has 0 saturated heterocycles. The number of hydrogen-bond donors (Lipinski definition) is 2. The zero-order valence-electron chi connectivity index (χ0n) is 13.4. The molecule has 0 fully saturated rings. The van der Waals surface area contributed by atoms with Gasteiger partial charge < -0.3 is 10.4 Å². The molecule has 1 aliphatic carbocycles. The molecule has 0 radical (unpaired) electrons. The van der Waals surface area contributed by atoms with Crippen molar-refractivity contribution in [3.8, 4) is 5.75 Å². The lowest BCUT2D eigenvalue weighted by Crippen LogP contribution is -2.47. The Kier molecular flexibility index (Phi) is 4.55. The Balaban J connectivity index is 1.78. The molecule has 3 heteroatoms. The Morgan fingerprint density at radius 2 is 2.18 bits per heavy atom. The first-order valence-corrected chi connectivity index (χ1v) is 9.12. The van der Waals surface area contributed by atoms with Gasteiger partial charge in [0.15, 0.2) is 0 Å². The highest BCUT2D eigenvalue weighted by atomic mass is 32.1. The summed E-state index contributed by atoms with van der Waals surface area (Å²) in [6, 6.07) is 10.8. The van der Waals surface area contributed by atoms with Crippen LogP contribution in [0.4, 0.5) is 0 Å². The van der Waals surface area contributed by atoms with Crippen LogP contribution in [0.5, 0.6) is 5.75 Å². The smallest absolute Gasteiger partial charge is 0.119 e. The summed E-state index contributed by atoms with van der Waals surface area (Å²) in [7, 11) is 0. The molecule has 2 nitrogen and oxygen atoms in total. The molecular formula is C19H25NOS. The molecule has 0 spiro atoms. The number of nitrogens with one attached hydrogen (secondary N) is 1. The number of fused-ring (bicyclic) bond motifs is 1. The topological polar surface area (TPSA) is 32.3 Å². The summed E-state index contributed by atoms with van der Waals surface area (Å²) in [6.45, 7) is 4.59. The quantitative estimate of drug-likeness (QED) is 0.844. The lowest BCUT2D eigenvalue weighted by Gasteiger charge is -2.37. The van der Waals surface area contributed by atoms with Gasteiger partial charge in [0.2, 0.25) is 0 Å². The van der Waals surface area contributed by atoms with E-state index in [2.05, 4.69) is 42.7 Å². The SMILES string of the molecule is CCCC(C)(N[C@@H]1CCc2c(O)cccc2C1)c1cccs1. The van der Waals surface area contributed by atoms with Crippen molar-refractivity contribution in [2.75, 3.05) is 0 Å². The minimum absolute atomic E-state index is 0.0575. The number of rotatable bonds is 5. The van der Waals surface area contributed by atoms with Gasteiger partial charge in [-0.2, -0.15) is 0 Å². The number of phenols is 1. The highest BCUT2D eigenvalue weighted by Gasteiger charge is 2.31. The van der Waals surface area contributed by atoms with Crippen LogP contribution in [-0.4, -0.2) is 11.1 Å². The van der Waals surface area contributed by atoms with E-state index in [9.17, 15) is 5.11 Å². The third kappa shape index (κ3) is 3.06. The van der Waals surface area contributed by atoms with Gasteiger partial charge >= 0.3 is 0 Å². The molecule has 2 N–H and O–H groups in total. The Labute approximate surface area is 137 Å². The van der Waals surface area contributed by atoms with Crippen LogP contribution in [0.15, 0.2) is 35.7 Å². The molecule has 0 saturated carbocycles. The highest BCUT2D eigenvalue weighted by molar-refractivity contribution is 7.10. The van der Waals surface area contributed by atoms with E-state index in [4.69, 9.17) is 0 Å². The van der Waals surface area contributed by atoms with Crippen molar-refractivity contribution in [2.45, 2.75) is 57.5 Å². The third-order valence-corrected chi connectivity index (χ3v) is 5.93. The van der Waals surface area contributed by atoms with Crippen molar-refractivity contribution < 1.29 is 5.11 Å². The molecular weight excluding hydrogens is 290 g/mol. The minimum Gasteiger partial charge on any atom is -0.508 e. The van der Waals surface area contributed by atoms with Crippen LogP contribution >= 0.6 is 11.3 Å². The van der Waals surface area contributed by atoms with Gasteiger partial charge in [-0.05, 0) is 61.2 Å². The Bertz CT molecular complexity index is 622. The van der Waals surface area contributed by atoms with Gasteiger partial charge in [0, 0.05) is 10.9 Å². The molecule has 22 heavy (non-hydrogen) atoms. The molecule has 1 aromatic heterocycles. The van der Waals surface area contributed by atoms with Gasteiger partial charge in [0.25, 0.3) is 0 Å². The average Bonchev–Trinajstić information content (AvgIpc) is 3.02. The fourth-order valence-electron chi connectivity index (χ4n) is 3.72. The van der Waals surface area contributed by atoms with Crippen LogP contribution < -0.4 is 5.32 Å². The lowest BCUT2D eigenvalue weighted by molar-refractivity contribution is 0.279. The number of thiophene rings is 1. The molecule has 1 aromatic carbocycles. The molecule has 2 atom stereocenters. The van der Waals surface area contributed by atoms with E-state index in [0.717, 1.165) is 31.2 Å². The molecule has 0 amide bonds. The summed E-state index contributed by atoms with van der Waals surface area (Å²) in [5, 5.41) is 16.1. The van der Waals surface area contributed by atoms with Crippen LogP contribution in [0.3, 0.4) is 0 Å². The molecule has 3 rings (SSSR count). The number of phenolic OH excluding ortho intramolecular Hbond substituents is 1. The van der Waals surface area contributed by atoms with E-state index in [-0.39, 0.29) is 5.54 Å². The Hall–Kier alpha value is -1.32. The molecule has 1 heterocycles. The minimum atomic E-state index is 0.0575. The Morgan fingerprint density at radius 3 is 2.91 bits per heavy atom. The first-order chi connectivity index (χ1) is 10.6. The lowest BCUT2D eigenvalue weighted by atomic mass is 9.85. The molecule has 2 aromatic rings. The number of benzene rings is 1. The maximum Gasteiger partial charge on any atom is 0.119 e. The first-order valence-electron chi connectivity index (χ1n) is 8.24. The van der Waals surface area contributed by atoms with Crippen molar-refractivity contribution in [1.29, 1.82) is 0 Å². The standard InChI is InChI=1S/C19H25NOS/c1-3-11-19(2,18-8-5-12-22-18)20-15-9-10-16-14(13-15)6-4-7-17(16)21/h4-8,12,15,20-21H,3,9-11,13H2,1-2H3/t15-,19?/m1/s1. The first kappa shape index (κ1) is 15.6. The fraction of sp³-hybridized carbons (Fsp3) is 0.474. The summed E-state index contributed by atoms with van der Waals surface area (Å²) < 4.78 is 0. The second-order valence-electron chi connectivity index (χ2n) is 6.56. The van der Waals surface area contributed by atoms with Gasteiger partial charge in [0.1, 0.15) is 5.75 Å². The maximum absolute atomic E-state index is 9.99. The van der Waals surface area contributed by atoms with Gasteiger partial charge in [-0.3, -0.25) is 0 Å². The van der Waals surface area contributed by atoms with Gasteiger partial charge in [-0.15, -0.1) is 11.3 Å². The van der Waals surface area contributed by atoms with E-state index in [0.29, 0.717) is 11.8 Å². The zero-order valence-corrected chi connectivity index (χ0v) is 14.2. The van der Waals surface area contributed by atoms with E-state index < -0.39 is 0 Å². The van der Waals surface area contributed by atoms with Crippen molar-refractivity contribution in [1.82, 2.24) is 5.32 Å². The van der Waals surface area contributed by atoms with Crippen molar-refractivity contribution in [2.24, 2.45) is 0 Å². The summed E-state index contributed by atoms with van der Waals surface area (Å²) in [5.74, 6) is 0.463. The van der Waals surface area contributed by atoms with Crippen molar-refractivity contribution in [3.05, 3.63) is 51.7 Å². The molecule has 1 aliphatic rings. The summed E-state index contributed by atoms with van der Waals surface area (Å²) in [5.41, 5.74) is 2.50. The van der Waals surface area contributed by atoms with Crippen molar-refractivity contribution >= 4 is 11.3 Å². The van der Waals surface area contributed by atoms with E-state index in [1.165, 1.54) is 16.9 Å². The third-order valence-electron chi connectivity index (χ3n) is 4.80. The molecule has 0 aliphatic heterocycles. The fourth-order valence-corrected chi connectivity index (χ4v) is 4.60. The van der Waals surface area contributed by atoms with Gasteiger partial charge in [-0.25, -0.2) is 0 Å². The van der Waals surface area contributed by atoms with Crippen LogP contribution in [0, 0.1) is 0 Å². The highest BCUT2D eigenvalue weighted by Crippen LogP contribution is 2.34. The van der Waals surface area contributed by atoms with Crippen LogP contribution in [-0.2, 0) is 18.4 Å². The molecule has 118 valence electrons. The van der Waals surface area contributed by atoms with Gasteiger partial charge in [-0.1, -0.05) is 31.5 Å². The molecule has 1 unspecified atom stereocenters. The van der Waals surface area contributed by atoms with E-state index in [1.807, 2.05) is 17.4 Å². The van der Waals surface area contributed by atoms with Crippen LogP contribution in [0.25, 0.3) is 0 Å². The van der Waals surface area contributed by atoms with E-state index >= 15 is 0 Å². The van der Waals surface area contributed by atoms with E-state index in [1.54, 1.807) is 6.07 Å². The average molecular weight is 315 g/mol. The molecule has 0 bridgehead atoms. The summed E-state index contributed by atoms with van der Waals surface area (Å²) in [6.07, 6.45) is 5.39. The number of hydrogen-bond acceptors (Lipinski definition) is 3. The second-order valence-corrected chi connectivity index (χ2v) is 7.51. The van der Waals surface area contributed by atoms with Gasteiger partial charge in [0.05, 0.1) is 5.54 Å². The maximum atomic E-state index is 9.99. The Morgan fingerprint density at radius 1 is 1.32 bits per heavy atom. The largest absolute Gasteiger partial charge is 0.508 e. The predicted octanol–water partition coefficient (Wildman–Crippen LogP) is 4.62. The summed E-state index contributed by atoms with van der Waals surface area (Å²) >= 11 is 1.84. The second kappa shape index (κ2) is 6.43. The zero-order chi connectivity index (χ0) is 15.6. The van der Waals surface area contributed by atoms with Crippen LogP contribution in [0.1, 0.15) is 49.1 Å². The van der Waals surface area contributed by atoms with Crippen molar-refractivity contribution in [3.63, 3.8) is 0 Å². The van der Waals surface area contributed by atoms with Crippen LogP contribution in [0.2, 0.25) is 0 Å². The normalized spacial score (nSPS) is 20.4. The number of aromatic hydroxyl groups is 1. The summed E-state index contributed by atoms with van der Waals surface area (Å²) in [4.78, 5) is 1.43. The monoisotopic (exact) mass is 315 g/mol. The predicted molar refractivity (Wildman–Crippen MR) is 93.6 cm³/mol.